The number of rotatable bonds is 5. The van der Waals surface area contributed by atoms with Crippen molar-refractivity contribution in [3.63, 3.8) is 0 Å². The lowest BCUT2D eigenvalue weighted by Crippen LogP contribution is -2.32. The van der Waals surface area contributed by atoms with Crippen molar-refractivity contribution in [1.82, 2.24) is 5.43 Å². The van der Waals surface area contributed by atoms with E-state index in [-0.39, 0.29) is 0 Å². The van der Waals surface area contributed by atoms with E-state index in [1.54, 1.807) is 0 Å². The van der Waals surface area contributed by atoms with Gasteiger partial charge in [-0.1, -0.05) is 26.7 Å². The lowest BCUT2D eigenvalue weighted by molar-refractivity contribution is 0.465. The predicted octanol–water partition coefficient (Wildman–Crippen LogP) is 1.66. The number of nitrogens with one attached hydrogen (secondary N) is 1. The van der Waals surface area contributed by atoms with Crippen molar-refractivity contribution in [3.8, 4) is 0 Å². The lowest BCUT2D eigenvalue weighted by atomic mass is 10.0. The second kappa shape index (κ2) is 5.69. The Hall–Kier alpha value is -0.0800. The van der Waals surface area contributed by atoms with Gasteiger partial charge in [0, 0.05) is 6.04 Å². The summed E-state index contributed by atoms with van der Waals surface area (Å²) in [5, 5.41) is 0. The van der Waals surface area contributed by atoms with Crippen molar-refractivity contribution in [2.75, 3.05) is 0 Å². The van der Waals surface area contributed by atoms with E-state index < -0.39 is 0 Å². The fraction of sp³-hybridized carbons (Fsp3) is 1.00. The number of hydrazine groups is 1. The van der Waals surface area contributed by atoms with Crippen LogP contribution >= 0.6 is 0 Å². The van der Waals surface area contributed by atoms with Crippen LogP contribution in [0.5, 0.6) is 0 Å². The summed E-state index contributed by atoms with van der Waals surface area (Å²) in [6, 6.07) is 0.471. The summed E-state index contributed by atoms with van der Waals surface area (Å²) < 4.78 is 0. The normalized spacial score (nSPS) is 14.1. The Bertz CT molecular complexity index is 71.7. The van der Waals surface area contributed by atoms with E-state index in [9.17, 15) is 0 Å². The molecule has 0 aliphatic heterocycles. The molecule has 0 aliphatic rings. The van der Waals surface area contributed by atoms with Crippen molar-refractivity contribution in [2.24, 2.45) is 11.8 Å². The molecule has 0 aromatic rings. The highest BCUT2D eigenvalue weighted by Crippen LogP contribution is 2.07. The molecule has 10 heavy (non-hydrogen) atoms. The van der Waals surface area contributed by atoms with E-state index in [4.69, 9.17) is 5.84 Å². The first-order chi connectivity index (χ1) is 4.66. The molecule has 0 heterocycles. The van der Waals surface area contributed by atoms with Crippen molar-refractivity contribution >= 4 is 0 Å². The molecular weight excluding hydrogens is 124 g/mol. The zero-order valence-corrected chi connectivity index (χ0v) is 7.35. The van der Waals surface area contributed by atoms with E-state index in [0.717, 1.165) is 5.92 Å². The minimum atomic E-state index is 0.471. The van der Waals surface area contributed by atoms with E-state index in [1.807, 2.05) is 0 Å². The standard InChI is InChI=1S/C8H20N2/c1-7(2)5-4-6-8(3)10-9/h7-8,10H,4-6,9H2,1-3H3/t8-/m0/s1. The molecule has 2 heteroatoms. The minimum absolute atomic E-state index is 0.471. The summed E-state index contributed by atoms with van der Waals surface area (Å²) in [5.74, 6) is 6.06. The summed E-state index contributed by atoms with van der Waals surface area (Å²) in [6.07, 6.45) is 3.78. The van der Waals surface area contributed by atoms with Gasteiger partial charge >= 0.3 is 0 Å². The highest BCUT2D eigenvalue weighted by Gasteiger charge is 1.98. The summed E-state index contributed by atoms with van der Waals surface area (Å²) in [5.41, 5.74) is 2.74. The summed E-state index contributed by atoms with van der Waals surface area (Å²) in [6.45, 7) is 6.61. The molecule has 0 rings (SSSR count). The van der Waals surface area contributed by atoms with E-state index in [1.165, 1.54) is 19.3 Å². The molecule has 1 atom stereocenters. The van der Waals surface area contributed by atoms with Gasteiger partial charge in [0.25, 0.3) is 0 Å². The quantitative estimate of drug-likeness (QED) is 0.455. The van der Waals surface area contributed by atoms with Crippen molar-refractivity contribution in [1.29, 1.82) is 0 Å². The SMILES string of the molecule is CC(C)CCC[C@H](C)NN. The Morgan fingerprint density at radius 3 is 2.20 bits per heavy atom. The van der Waals surface area contributed by atoms with Crippen molar-refractivity contribution in [3.05, 3.63) is 0 Å². The number of hydrogen-bond acceptors (Lipinski definition) is 2. The second-order valence-electron chi connectivity index (χ2n) is 3.39. The molecule has 0 fully saturated rings. The Labute approximate surface area is 64.2 Å². The molecule has 0 saturated heterocycles. The molecule has 0 saturated carbocycles. The van der Waals surface area contributed by atoms with Gasteiger partial charge in [-0.25, -0.2) is 0 Å². The van der Waals surface area contributed by atoms with Gasteiger partial charge in [0.05, 0.1) is 0 Å². The van der Waals surface area contributed by atoms with Crippen LogP contribution in [0.4, 0.5) is 0 Å². The van der Waals surface area contributed by atoms with Gasteiger partial charge < -0.3 is 0 Å². The van der Waals surface area contributed by atoms with Gasteiger partial charge in [0.15, 0.2) is 0 Å². The maximum Gasteiger partial charge on any atom is 0.0182 e. The Morgan fingerprint density at radius 2 is 1.80 bits per heavy atom. The van der Waals surface area contributed by atoms with Gasteiger partial charge in [0.1, 0.15) is 0 Å². The first-order valence-electron chi connectivity index (χ1n) is 4.13. The van der Waals surface area contributed by atoms with E-state index >= 15 is 0 Å². The first-order valence-corrected chi connectivity index (χ1v) is 4.13. The molecule has 0 aliphatic carbocycles. The van der Waals surface area contributed by atoms with Crippen LogP contribution in [0.1, 0.15) is 40.0 Å². The molecule has 0 aromatic carbocycles. The van der Waals surface area contributed by atoms with E-state index in [2.05, 4.69) is 26.2 Å². The third-order valence-electron chi connectivity index (χ3n) is 1.70. The molecule has 62 valence electrons. The molecule has 3 N–H and O–H groups in total. The van der Waals surface area contributed by atoms with Gasteiger partial charge in [-0.15, -0.1) is 0 Å². The monoisotopic (exact) mass is 144 g/mol. The predicted molar refractivity (Wildman–Crippen MR) is 45.5 cm³/mol. The third-order valence-corrected chi connectivity index (χ3v) is 1.70. The maximum absolute atomic E-state index is 5.24. The van der Waals surface area contributed by atoms with Crippen LogP contribution in [0.25, 0.3) is 0 Å². The van der Waals surface area contributed by atoms with Gasteiger partial charge in [-0.2, -0.15) is 0 Å². The highest BCUT2D eigenvalue weighted by atomic mass is 15.2. The second-order valence-corrected chi connectivity index (χ2v) is 3.39. The molecule has 0 spiro atoms. The van der Waals surface area contributed by atoms with E-state index in [0.29, 0.717) is 6.04 Å². The zero-order chi connectivity index (χ0) is 7.98. The lowest BCUT2D eigenvalue weighted by Gasteiger charge is -2.09. The smallest absolute Gasteiger partial charge is 0.0182 e. The van der Waals surface area contributed by atoms with Crippen LogP contribution in [0.2, 0.25) is 0 Å². The summed E-state index contributed by atoms with van der Waals surface area (Å²) >= 11 is 0. The zero-order valence-electron chi connectivity index (χ0n) is 7.35. The van der Waals surface area contributed by atoms with Crippen LogP contribution in [0.3, 0.4) is 0 Å². The Balaban J connectivity index is 3.03. The summed E-state index contributed by atoms with van der Waals surface area (Å²) in [7, 11) is 0. The third kappa shape index (κ3) is 6.05. The molecule has 0 aromatic heterocycles. The van der Waals surface area contributed by atoms with Crippen LogP contribution in [0.15, 0.2) is 0 Å². The largest absolute Gasteiger partial charge is 0.271 e. The molecule has 0 unspecified atom stereocenters. The fourth-order valence-corrected chi connectivity index (χ4v) is 0.916. The molecular formula is C8H20N2. The average molecular weight is 144 g/mol. The van der Waals surface area contributed by atoms with Crippen LogP contribution in [-0.4, -0.2) is 6.04 Å². The fourth-order valence-electron chi connectivity index (χ4n) is 0.916. The van der Waals surface area contributed by atoms with Crippen LogP contribution < -0.4 is 11.3 Å². The minimum Gasteiger partial charge on any atom is -0.271 e. The van der Waals surface area contributed by atoms with Gasteiger partial charge in [-0.3, -0.25) is 11.3 Å². The average Bonchev–Trinajstić information content (AvgIpc) is 1.87. The molecule has 0 amide bonds. The Morgan fingerprint density at radius 1 is 1.20 bits per heavy atom. The Kier molecular flexibility index (Phi) is 5.64. The highest BCUT2D eigenvalue weighted by molar-refractivity contribution is 4.56. The van der Waals surface area contributed by atoms with Crippen LogP contribution in [0, 0.1) is 5.92 Å². The van der Waals surface area contributed by atoms with Gasteiger partial charge in [0.2, 0.25) is 0 Å². The van der Waals surface area contributed by atoms with Gasteiger partial charge in [-0.05, 0) is 19.3 Å². The number of hydrogen-bond donors (Lipinski definition) is 2. The topological polar surface area (TPSA) is 38.0 Å². The van der Waals surface area contributed by atoms with Crippen LogP contribution in [-0.2, 0) is 0 Å². The summed E-state index contributed by atoms with van der Waals surface area (Å²) in [4.78, 5) is 0. The van der Waals surface area contributed by atoms with Crippen molar-refractivity contribution in [2.45, 2.75) is 46.1 Å². The number of nitrogens with two attached hydrogens (primary N) is 1. The molecule has 0 radical (unpaired) electrons. The maximum atomic E-state index is 5.24. The van der Waals surface area contributed by atoms with Crippen molar-refractivity contribution < 1.29 is 0 Å². The molecule has 2 nitrogen and oxygen atoms in total. The molecule has 0 bridgehead atoms. The first kappa shape index (κ1) is 9.92.